The molecule has 0 amide bonds. The number of rotatable bonds is 2. The van der Waals surface area contributed by atoms with Crippen LogP contribution in [0.5, 0.6) is 5.75 Å². The summed E-state index contributed by atoms with van der Waals surface area (Å²) in [4.78, 5) is 11.5. The van der Waals surface area contributed by atoms with Crippen molar-refractivity contribution in [2.75, 3.05) is 13.7 Å². The first kappa shape index (κ1) is 12.5. The lowest BCUT2D eigenvalue weighted by atomic mass is 10.0. The van der Waals surface area contributed by atoms with Crippen LogP contribution in [0.3, 0.4) is 0 Å². The fraction of sp³-hybridized carbons (Fsp3) is 0.364. The Morgan fingerprint density at radius 1 is 1.65 bits per heavy atom. The molecule has 1 aromatic rings. The second-order valence-electron chi connectivity index (χ2n) is 3.59. The molecule has 0 saturated carbocycles. The Kier molecular flexibility index (Phi) is 3.81. The van der Waals surface area contributed by atoms with Crippen molar-refractivity contribution in [1.82, 2.24) is 0 Å². The van der Waals surface area contributed by atoms with Crippen LogP contribution in [0.25, 0.3) is 0 Å². The highest BCUT2D eigenvalue weighted by Crippen LogP contribution is 2.42. The van der Waals surface area contributed by atoms with Gasteiger partial charge in [-0.3, -0.25) is 0 Å². The summed E-state index contributed by atoms with van der Waals surface area (Å²) in [6.07, 6.45) is 0.710. The monoisotopic (exact) mass is 274 g/mol. The molecule has 1 atom stereocenters. The zero-order chi connectivity index (χ0) is 12.4. The number of benzene rings is 1. The molecule has 6 heteroatoms. The van der Waals surface area contributed by atoms with Crippen molar-refractivity contribution >= 4 is 29.6 Å². The molecule has 0 bridgehead atoms. The van der Waals surface area contributed by atoms with Gasteiger partial charge in [0.1, 0.15) is 5.75 Å². The Morgan fingerprint density at radius 3 is 3.06 bits per heavy atom. The summed E-state index contributed by atoms with van der Waals surface area (Å²) in [6.45, 7) is 0.507. The topological polar surface area (TPSA) is 55.8 Å². The van der Waals surface area contributed by atoms with Gasteiger partial charge in [0, 0.05) is 5.56 Å². The highest BCUT2D eigenvalue weighted by molar-refractivity contribution is 7.94. The molecule has 1 aromatic carbocycles. The Balaban J connectivity index is 2.46. The number of hydrogen-bond donors (Lipinski definition) is 1. The van der Waals surface area contributed by atoms with Gasteiger partial charge in [-0.1, -0.05) is 11.6 Å². The van der Waals surface area contributed by atoms with Crippen molar-refractivity contribution in [2.24, 2.45) is 0 Å². The standard InChI is InChI=1S/C11H11ClO4S/c1-15-11(13)6-5-9-7(4-8(6)12)10(17-14)2-3-16-9/h4-5,10,14H,2-3H2,1H3. The van der Waals surface area contributed by atoms with E-state index in [1.165, 1.54) is 7.11 Å². The maximum atomic E-state index is 11.5. The first-order valence-electron chi connectivity index (χ1n) is 5.02. The minimum absolute atomic E-state index is 0.0667. The molecule has 0 spiro atoms. The summed E-state index contributed by atoms with van der Waals surface area (Å²) in [5, 5.41) is 0.239. The van der Waals surface area contributed by atoms with Crippen LogP contribution in [0.15, 0.2) is 12.1 Å². The third kappa shape index (κ3) is 2.36. The smallest absolute Gasteiger partial charge is 0.339 e. The molecular weight excluding hydrogens is 264 g/mol. The lowest BCUT2D eigenvalue weighted by molar-refractivity contribution is 0.0600. The second-order valence-corrected chi connectivity index (χ2v) is 4.78. The summed E-state index contributed by atoms with van der Waals surface area (Å²) in [7, 11) is 1.30. The molecule has 0 fully saturated rings. The second kappa shape index (κ2) is 5.16. The Morgan fingerprint density at radius 2 is 2.41 bits per heavy atom. The van der Waals surface area contributed by atoms with Gasteiger partial charge in [0.15, 0.2) is 0 Å². The number of halogens is 1. The molecule has 4 nitrogen and oxygen atoms in total. The molecule has 0 aromatic heterocycles. The fourth-order valence-electron chi connectivity index (χ4n) is 1.75. The lowest BCUT2D eigenvalue weighted by Crippen LogP contribution is -2.13. The predicted molar refractivity (Wildman–Crippen MR) is 65.9 cm³/mol. The van der Waals surface area contributed by atoms with Gasteiger partial charge in [0.25, 0.3) is 0 Å². The number of esters is 1. The number of carbonyl (C=O) groups excluding carboxylic acids is 1. The number of methoxy groups -OCH3 is 1. The van der Waals surface area contributed by atoms with E-state index < -0.39 is 5.97 Å². The highest BCUT2D eigenvalue weighted by Gasteiger charge is 2.25. The van der Waals surface area contributed by atoms with Gasteiger partial charge in [0.2, 0.25) is 0 Å². The highest BCUT2D eigenvalue weighted by atomic mass is 35.5. The average molecular weight is 275 g/mol. The van der Waals surface area contributed by atoms with Crippen molar-refractivity contribution < 1.29 is 18.8 Å². The molecule has 0 aliphatic carbocycles. The maximum Gasteiger partial charge on any atom is 0.339 e. The largest absolute Gasteiger partial charge is 0.493 e. The SMILES string of the molecule is COC(=O)c1cc2c(cc1Cl)C(SO)CCO2. The molecule has 1 heterocycles. The molecule has 2 rings (SSSR count). The van der Waals surface area contributed by atoms with Crippen molar-refractivity contribution in [3.63, 3.8) is 0 Å². The molecule has 1 aliphatic rings. The van der Waals surface area contributed by atoms with E-state index in [4.69, 9.17) is 16.3 Å². The minimum atomic E-state index is -0.500. The predicted octanol–water partition coefficient (Wildman–Crippen LogP) is 3.16. The first-order chi connectivity index (χ1) is 8.17. The molecule has 1 N–H and O–H groups in total. The molecule has 1 aliphatic heterocycles. The number of hydrogen-bond acceptors (Lipinski definition) is 5. The molecule has 1 unspecified atom stereocenters. The van der Waals surface area contributed by atoms with Crippen molar-refractivity contribution in [1.29, 1.82) is 0 Å². The van der Waals surface area contributed by atoms with Gasteiger partial charge >= 0.3 is 5.97 Å². The fourth-order valence-corrected chi connectivity index (χ4v) is 2.50. The van der Waals surface area contributed by atoms with E-state index >= 15 is 0 Å². The van der Waals surface area contributed by atoms with Crippen LogP contribution in [-0.2, 0) is 4.74 Å². The van der Waals surface area contributed by atoms with Gasteiger partial charge < -0.3 is 14.0 Å². The van der Waals surface area contributed by atoms with Crippen LogP contribution in [0.1, 0.15) is 27.6 Å². The quantitative estimate of drug-likeness (QED) is 0.663. The molecule has 17 heavy (non-hydrogen) atoms. The number of ether oxygens (including phenoxy) is 2. The van der Waals surface area contributed by atoms with Crippen LogP contribution in [0, 0.1) is 0 Å². The van der Waals surface area contributed by atoms with E-state index in [0.29, 0.717) is 23.8 Å². The summed E-state index contributed by atoms with van der Waals surface area (Å²) >= 11 is 6.77. The van der Waals surface area contributed by atoms with E-state index in [1.54, 1.807) is 12.1 Å². The number of carbonyl (C=O) groups is 1. The third-order valence-corrected chi connectivity index (χ3v) is 3.67. The molecule has 0 saturated heterocycles. The van der Waals surface area contributed by atoms with Crippen LogP contribution in [0.4, 0.5) is 0 Å². The lowest BCUT2D eigenvalue weighted by Gasteiger charge is -2.24. The van der Waals surface area contributed by atoms with Crippen LogP contribution >= 0.6 is 23.6 Å². The number of fused-ring (bicyclic) bond motifs is 1. The van der Waals surface area contributed by atoms with Gasteiger partial charge in [-0.2, -0.15) is 0 Å². The van der Waals surface area contributed by atoms with Crippen LogP contribution in [-0.4, -0.2) is 24.2 Å². The van der Waals surface area contributed by atoms with E-state index in [2.05, 4.69) is 4.74 Å². The average Bonchev–Trinajstić information content (AvgIpc) is 2.36. The Bertz CT molecular complexity index is 449. The Hall–Kier alpha value is -0.910. The zero-order valence-corrected chi connectivity index (χ0v) is 10.7. The van der Waals surface area contributed by atoms with Gasteiger partial charge in [0.05, 0.1) is 29.6 Å². The van der Waals surface area contributed by atoms with Crippen molar-refractivity contribution in [2.45, 2.75) is 11.7 Å². The Labute approximate surface area is 108 Å². The van der Waals surface area contributed by atoms with E-state index in [-0.39, 0.29) is 10.8 Å². The van der Waals surface area contributed by atoms with E-state index in [1.807, 2.05) is 0 Å². The summed E-state index contributed by atoms with van der Waals surface area (Å²) in [5.74, 6) is 0.0766. The molecular formula is C11H11ClO4S. The van der Waals surface area contributed by atoms with Crippen molar-refractivity contribution in [3.8, 4) is 5.75 Å². The van der Waals surface area contributed by atoms with Gasteiger partial charge in [-0.05, 0) is 30.6 Å². The molecule has 92 valence electrons. The third-order valence-electron chi connectivity index (χ3n) is 2.62. The van der Waals surface area contributed by atoms with Crippen LogP contribution < -0.4 is 4.74 Å². The van der Waals surface area contributed by atoms with E-state index in [9.17, 15) is 9.35 Å². The van der Waals surface area contributed by atoms with Crippen molar-refractivity contribution in [3.05, 3.63) is 28.3 Å². The normalized spacial score (nSPS) is 18.2. The van der Waals surface area contributed by atoms with E-state index in [0.717, 1.165) is 17.6 Å². The summed E-state index contributed by atoms with van der Waals surface area (Å²) in [6, 6.07) is 3.21. The minimum Gasteiger partial charge on any atom is -0.493 e. The zero-order valence-electron chi connectivity index (χ0n) is 9.10. The van der Waals surface area contributed by atoms with Crippen LogP contribution in [0.2, 0.25) is 5.02 Å². The molecule has 0 radical (unpaired) electrons. The summed E-state index contributed by atoms with van der Waals surface area (Å²) < 4.78 is 19.3. The maximum absolute atomic E-state index is 11.5. The first-order valence-corrected chi connectivity index (χ1v) is 6.23. The summed E-state index contributed by atoms with van der Waals surface area (Å²) in [5.41, 5.74) is 1.08. The van der Waals surface area contributed by atoms with Gasteiger partial charge in [-0.15, -0.1) is 0 Å². The van der Waals surface area contributed by atoms with Gasteiger partial charge in [-0.25, -0.2) is 4.79 Å².